The molecule has 1 unspecified atom stereocenters. The zero-order valence-electron chi connectivity index (χ0n) is 17.6. The average Bonchev–Trinajstić information content (AvgIpc) is 3.15. The van der Waals surface area contributed by atoms with Crippen molar-refractivity contribution in [2.24, 2.45) is 0 Å². The highest BCUT2D eigenvalue weighted by Gasteiger charge is 2.59. The van der Waals surface area contributed by atoms with Crippen LogP contribution in [-0.2, 0) is 10.2 Å². The van der Waals surface area contributed by atoms with Gasteiger partial charge in [-0.05, 0) is 41.8 Å². The van der Waals surface area contributed by atoms with Gasteiger partial charge in [-0.2, -0.15) is 0 Å². The highest BCUT2D eigenvalue weighted by atomic mass is 16.5. The zero-order valence-corrected chi connectivity index (χ0v) is 17.6. The maximum atomic E-state index is 12.4. The van der Waals surface area contributed by atoms with E-state index in [0.717, 1.165) is 30.0 Å². The number of nitrogens with zero attached hydrogens (tertiary/aromatic N) is 1. The van der Waals surface area contributed by atoms with E-state index in [0.29, 0.717) is 6.54 Å². The van der Waals surface area contributed by atoms with Crippen LogP contribution in [0.4, 0.5) is 5.69 Å². The molecule has 4 rings (SSSR count). The zero-order chi connectivity index (χ0) is 20.5. The number of hydrogen-bond donors (Lipinski definition) is 1. The van der Waals surface area contributed by atoms with Crippen molar-refractivity contribution in [3.8, 4) is 5.75 Å². The van der Waals surface area contributed by atoms with Crippen molar-refractivity contribution in [3.05, 3.63) is 65.7 Å². The molecule has 0 radical (unpaired) electrons. The Labute approximate surface area is 173 Å². The third-order valence-corrected chi connectivity index (χ3v) is 6.27. The van der Waals surface area contributed by atoms with E-state index in [-0.39, 0.29) is 11.3 Å². The maximum Gasteiger partial charge on any atom is 0.241 e. The van der Waals surface area contributed by atoms with Gasteiger partial charge >= 0.3 is 0 Å². The molecular weight excluding hydrogens is 360 g/mol. The van der Waals surface area contributed by atoms with Gasteiger partial charge in [0.15, 0.2) is 0 Å². The van der Waals surface area contributed by atoms with E-state index < -0.39 is 5.66 Å². The molecule has 4 heteroatoms. The van der Waals surface area contributed by atoms with Crippen molar-refractivity contribution in [1.82, 2.24) is 5.32 Å². The summed E-state index contributed by atoms with van der Waals surface area (Å²) in [5.74, 6) is 0.951. The van der Waals surface area contributed by atoms with Gasteiger partial charge in [-0.3, -0.25) is 4.79 Å². The van der Waals surface area contributed by atoms with E-state index in [1.54, 1.807) is 0 Å². The molecule has 0 bridgehead atoms. The summed E-state index contributed by atoms with van der Waals surface area (Å²) < 4.78 is 5.90. The van der Waals surface area contributed by atoms with Gasteiger partial charge < -0.3 is 15.0 Å². The molecule has 0 saturated carbocycles. The van der Waals surface area contributed by atoms with Crippen molar-refractivity contribution < 1.29 is 9.53 Å². The number of rotatable bonds is 7. The Bertz CT molecular complexity index is 934. The molecule has 152 valence electrons. The minimum atomic E-state index is -0.564. The van der Waals surface area contributed by atoms with Gasteiger partial charge in [0, 0.05) is 11.1 Å². The second kappa shape index (κ2) is 7.58. The second-order valence-electron chi connectivity index (χ2n) is 8.50. The first kappa shape index (κ1) is 19.6. The lowest BCUT2D eigenvalue weighted by Crippen LogP contribution is -2.58. The highest BCUT2D eigenvalue weighted by molar-refractivity contribution is 5.91. The third kappa shape index (κ3) is 3.31. The van der Waals surface area contributed by atoms with Gasteiger partial charge in [-0.1, -0.05) is 70.0 Å². The number of benzene rings is 2. The van der Waals surface area contributed by atoms with Gasteiger partial charge in [-0.25, -0.2) is 0 Å². The Kier molecular flexibility index (Phi) is 5.12. The first-order valence-electron chi connectivity index (χ1n) is 10.6. The minimum Gasteiger partial charge on any atom is -0.494 e. The highest BCUT2D eigenvalue weighted by Crippen LogP contribution is 2.52. The average molecular weight is 391 g/mol. The van der Waals surface area contributed by atoms with Crippen LogP contribution >= 0.6 is 0 Å². The van der Waals surface area contributed by atoms with E-state index in [1.807, 2.05) is 18.2 Å². The summed E-state index contributed by atoms with van der Waals surface area (Å²) in [7, 11) is 0. The number of carbonyl (C=O) groups excluding carboxylic acids is 1. The van der Waals surface area contributed by atoms with Crippen LogP contribution in [0, 0.1) is 0 Å². The fourth-order valence-electron chi connectivity index (χ4n) is 4.61. The van der Waals surface area contributed by atoms with Crippen LogP contribution in [0.1, 0.15) is 51.2 Å². The topological polar surface area (TPSA) is 41.6 Å². The molecule has 0 spiro atoms. The lowest BCUT2D eigenvalue weighted by Gasteiger charge is -2.40. The summed E-state index contributed by atoms with van der Waals surface area (Å²) in [6.07, 6.45) is 7.70. The lowest BCUT2D eigenvalue weighted by atomic mass is 9.75. The quantitative estimate of drug-likeness (QED) is 0.684. The van der Waals surface area contributed by atoms with Crippen LogP contribution in [0.25, 0.3) is 6.08 Å². The van der Waals surface area contributed by atoms with Crippen LogP contribution in [0.5, 0.6) is 5.75 Å². The summed E-state index contributed by atoms with van der Waals surface area (Å²) >= 11 is 0. The molecule has 1 N–H and O–H groups in total. The third-order valence-electron chi connectivity index (χ3n) is 6.27. The summed E-state index contributed by atoms with van der Waals surface area (Å²) in [6.45, 7) is 7.73. The van der Waals surface area contributed by atoms with E-state index in [1.165, 1.54) is 18.4 Å². The number of anilines is 1. The number of nitrogens with one attached hydrogen (secondary N) is 1. The lowest BCUT2D eigenvalue weighted by molar-refractivity contribution is -0.118. The largest absolute Gasteiger partial charge is 0.494 e. The Balaban J connectivity index is 1.61. The van der Waals surface area contributed by atoms with Crippen LogP contribution in [0.3, 0.4) is 0 Å². The molecule has 0 aromatic heterocycles. The minimum absolute atomic E-state index is 0.0604. The predicted molar refractivity (Wildman–Crippen MR) is 118 cm³/mol. The molecule has 1 fully saturated rings. The molecular formula is C25H30N2O2. The van der Waals surface area contributed by atoms with E-state index >= 15 is 0 Å². The standard InChI is InChI=1S/C25H30N2O2/c1-4-5-8-16-29-20-11-9-10-19(17-20)14-15-25-24(2,3)21-12-6-7-13-22(21)27(25)18-23(28)26-25/h6-7,9-15,17H,4-5,8,16,18H2,1-3H3,(H,26,28)/b15-14+. The van der Waals surface area contributed by atoms with Crippen molar-refractivity contribution in [3.63, 3.8) is 0 Å². The molecule has 2 aliphatic heterocycles. The number of unbranched alkanes of at least 4 members (excludes halogenated alkanes) is 2. The second-order valence-corrected chi connectivity index (χ2v) is 8.50. The molecule has 1 amide bonds. The number of hydrogen-bond acceptors (Lipinski definition) is 3. The summed E-state index contributed by atoms with van der Waals surface area (Å²) in [5.41, 5.74) is 2.65. The van der Waals surface area contributed by atoms with Crippen molar-refractivity contribution >= 4 is 17.7 Å². The summed E-state index contributed by atoms with van der Waals surface area (Å²) in [5, 5.41) is 3.27. The monoisotopic (exact) mass is 390 g/mol. The Morgan fingerprint density at radius 3 is 2.79 bits per heavy atom. The van der Waals surface area contributed by atoms with Gasteiger partial charge in [-0.15, -0.1) is 0 Å². The van der Waals surface area contributed by atoms with Gasteiger partial charge in [0.05, 0.1) is 13.2 Å². The van der Waals surface area contributed by atoms with Gasteiger partial charge in [0.25, 0.3) is 0 Å². The fraction of sp³-hybridized carbons (Fsp3) is 0.400. The number of para-hydroxylation sites is 1. The molecule has 4 nitrogen and oxygen atoms in total. The molecule has 2 aliphatic rings. The van der Waals surface area contributed by atoms with Crippen molar-refractivity contribution in [1.29, 1.82) is 0 Å². The van der Waals surface area contributed by atoms with Crippen molar-refractivity contribution in [2.45, 2.75) is 51.1 Å². The van der Waals surface area contributed by atoms with Crippen LogP contribution < -0.4 is 15.0 Å². The summed E-state index contributed by atoms with van der Waals surface area (Å²) in [6, 6.07) is 16.5. The van der Waals surface area contributed by atoms with Crippen LogP contribution in [0.2, 0.25) is 0 Å². The molecule has 1 saturated heterocycles. The smallest absolute Gasteiger partial charge is 0.241 e. The maximum absolute atomic E-state index is 12.4. The van der Waals surface area contributed by atoms with Gasteiger partial charge in [0.1, 0.15) is 11.4 Å². The Morgan fingerprint density at radius 2 is 1.97 bits per heavy atom. The van der Waals surface area contributed by atoms with Crippen LogP contribution in [0.15, 0.2) is 54.6 Å². The number of amides is 1. The molecule has 29 heavy (non-hydrogen) atoms. The number of ether oxygens (including phenoxy) is 1. The fourth-order valence-corrected chi connectivity index (χ4v) is 4.61. The first-order valence-corrected chi connectivity index (χ1v) is 10.6. The Hall–Kier alpha value is -2.75. The molecule has 0 aliphatic carbocycles. The normalized spacial score (nSPS) is 21.9. The molecule has 1 atom stereocenters. The molecule has 2 heterocycles. The molecule has 2 aromatic rings. The summed E-state index contributed by atoms with van der Waals surface area (Å²) in [4.78, 5) is 14.6. The van der Waals surface area contributed by atoms with Crippen molar-refractivity contribution in [2.75, 3.05) is 18.1 Å². The molecule has 2 aromatic carbocycles. The predicted octanol–water partition coefficient (Wildman–Crippen LogP) is 4.89. The van der Waals surface area contributed by atoms with E-state index in [2.05, 4.69) is 73.5 Å². The van der Waals surface area contributed by atoms with E-state index in [9.17, 15) is 4.79 Å². The van der Waals surface area contributed by atoms with E-state index in [4.69, 9.17) is 4.74 Å². The number of carbonyl (C=O) groups is 1. The van der Waals surface area contributed by atoms with Crippen LogP contribution in [-0.4, -0.2) is 24.7 Å². The van der Waals surface area contributed by atoms with Gasteiger partial charge in [0.2, 0.25) is 5.91 Å². The SMILES string of the molecule is CCCCCOc1cccc(/C=C/C23NC(=O)CN2c2ccccc2C3(C)C)c1. The first-order chi connectivity index (χ1) is 14.0. The number of fused-ring (bicyclic) bond motifs is 3. The Morgan fingerprint density at radius 1 is 1.14 bits per heavy atom.